The van der Waals surface area contributed by atoms with Gasteiger partial charge in [0, 0.05) is 5.69 Å². The van der Waals surface area contributed by atoms with E-state index in [9.17, 15) is 9.18 Å². The summed E-state index contributed by atoms with van der Waals surface area (Å²) >= 11 is 0. The van der Waals surface area contributed by atoms with Crippen LogP contribution in [0.15, 0.2) is 54.6 Å². The number of amides is 1. The zero-order valence-electron chi connectivity index (χ0n) is 11.2. The Morgan fingerprint density at radius 3 is 2.45 bits per heavy atom. The Morgan fingerprint density at radius 1 is 1.15 bits per heavy atom. The fourth-order valence-electron chi connectivity index (χ4n) is 1.76. The van der Waals surface area contributed by atoms with Crippen molar-refractivity contribution in [1.29, 1.82) is 0 Å². The summed E-state index contributed by atoms with van der Waals surface area (Å²) < 4.78 is 19.0. The standard InChI is InChI=1S/C16H16FNO2/c1-2-14(20-15-11-7-6-10-13(15)17)16(19)18-12-8-4-3-5-9-12/h3-11,14H,2H2,1H3,(H,18,19)/t14-/m1/s1. The largest absolute Gasteiger partial charge is 0.478 e. The number of benzene rings is 2. The second-order valence-corrected chi connectivity index (χ2v) is 4.30. The van der Waals surface area contributed by atoms with Gasteiger partial charge in [-0.2, -0.15) is 0 Å². The summed E-state index contributed by atoms with van der Waals surface area (Å²) in [5, 5.41) is 2.75. The summed E-state index contributed by atoms with van der Waals surface area (Å²) in [4.78, 5) is 12.1. The number of nitrogens with one attached hydrogen (secondary N) is 1. The third-order valence-electron chi connectivity index (χ3n) is 2.81. The van der Waals surface area contributed by atoms with Crippen LogP contribution in [-0.4, -0.2) is 12.0 Å². The fraction of sp³-hybridized carbons (Fsp3) is 0.188. The Labute approximate surface area is 117 Å². The number of hydrogen-bond donors (Lipinski definition) is 1. The molecule has 2 aromatic carbocycles. The maximum Gasteiger partial charge on any atom is 0.265 e. The number of halogens is 1. The monoisotopic (exact) mass is 273 g/mol. The van der Waals surface area contributed by atoms with Crippen molar-refractivity contribution in [3.63, 3.8) is 0 Å². The molecule has 0 saturated heterocycles. The van der Waals surface area contributed by atoms with E-state index in [2.05, 4.69) is 5.32 Å². The third-order valence-corrected chi connectivity index (χ3v) is 2.81. The molecule has 0 fully saturated rings. The van der Waals surface area contributed by atoms with Gasteiger partial charge in [-0.05, 0) is 30.7 Å². The zero-order chi connectivity index (χ0) is 14.4. The van der Waals surface area contributed by atoms with Crippen molar-refractivity contribution in [2.24, 2.45) is 0 Å². The minimum atomic E-state index is -0.730. The van der Waals surface area contributed by atoms with Crippen molar-refractivity contribution < 1.29 is 13.9 Å². The number of ether oxygens (including phenoxy) is 1. The molecular formula is C16H16FNO2. The topological polar surface area (TPSA) is 38.3 Å². The highest BCUT2D eigenvalue weighted by molar-refractivity contribution is 5.94. The van der Waals surface area contributed by atoms with Crippen LogP contribution >= 0.6 is 0 Å². The Balaban J connectivity index is 2.05. The van der Waals surface area contributed by atoms with Gasteiger partial charge in [-0.1, -0.05) is 37.3 Å². The summed E-state index contributed by atoms with van der Waals surface area (Å²) in [7, 11) is 0. The first-order chi connectivity index (χ1) is 9.70. The molecule has 0 heterocycles. The average Bonchev–Trinajstić information content (AvgIpc) is 2.47. The van der Waals surface area contributed by atoms with Crippen molar-refractivity contribution in [1.82, 2.24) is 0 Å². The van der Waals surface area contributed by atoms with E-state index in [-0.39, 0.29) is 11.7 Å². The predicted molar refractivity (Wildman–Crippen MR) is 76.2 cm³/mol. The minimum absolute atomic E-state index is 0.0857. The van der Waals surface area contributed by atoms with Gasteiger partial charge in [-0.3, -0.25) is 4.79 Å². The van der Waals surface area contributed by atoms with Gasteiger partial charge in [-0.15, -0.1) is 0 Å². The molecule has 1 N–H and O–H groups in total. The van der Waals surface area contributed by atoms with Gasteiger partial charge >= 0.3 is 0 Å². The molecule has 0 aliphatic heterocycles. The van der Waals surface area contributed by atoms with E-state index >= 15 is 0 Å². The van der Waals surface area contributed by atoms with E-state index in [0.717, 1.165) is 0 Å². The Kier molecular flexibility index (Phi) is 4.71. The van der Waals surface area contributed by atoms with Gasteiger partial charge in [0.2, 0.25) is 0 Å². The molecule has 1 amide bonds. The number of anilines is 1. The molecule has 104 valence electrons. The van der Waals surface area contributed by atoms with Crippen molar-refractivity contribution in [3.8, 4) is 5.75 Å². The van der Waals surface area contributed by atoms with E-state index in [0.29, 0.717) is 12.1 Å². The number of rotatable bonds is 5. The molecule has 0 spiro atoms. The van der Waals surface area contributed by atoms with Crippen LogP contribution in [0.5, 0.6) is 5.75 Å². The van der Waals surface area contributed by atoms with Crippen molar-refractivity contribution in [2.75, 3.05) is 5.32 Å². The number of hydrogen-bond acceptors (Lipinski definition) is 2. The number of para-hydroxylation sites is 2. The third kappa shape index (κ3) is 3.57. The van der Waals surface area contributed by atoms with E-state index in [4.69, 9.17) is 4.74 Å². The molecule has 0 radical (unpaired) electrons. The van der Waals surface area contributed by atoms with E-state index in [1.54, 1.807) is 24.3 Å². The lowest BCUT2D eigenvalue weighted by Crippen LogP contribution is -2.32. The van der Waals surface area contributed by atoms with Gasteiger partial charge in [0.15, 0.2) is 17.7 Å². The lowest BCUT2D eigenvalue weighted by molar-refractivity contribution is -0.122. The highest BCUT2D eigenvalue weighted by atomic mass is 19.1. The highest BCUT2D eigenvalue weighted by Crippen LogP contribution is 2.18. The first kappa shape index (κ1) is 14.1. The zero-order valence-corrected chi connectivity index (χ0v) is 11.2. The van der Waals surface area contributed by atoms with Crippen molar-refractivity contribution >= 4 is 11.6 Å². The maximum absolute atomic E-state index is 13.5. The lowest BCUT2D eigenvalue weighted by Gasteiger charge is -2.17. The van der Waals surface area contributed by atoms with E-state index in [1.807, 2.05) is 25.1 Å². The van der Waals surface area contributed by atoms with Gasteiger partial charge in [0.1, 0.15) is 0 Å². The molecule has 0 saturated carbocycles. The van der Waals surface area contributed by atoms with Crippen LogP contribution in [0, 0.1) is 5.82 Å². The molecule has 0 bridgehead atoms. The molecule has 2 rings (SSSR count). The fourth-order valence-corrected chi connectivity index (χ4v) is 1.76. The normalized spacial score (nSPS) is 11.7. The van der Waals surface area contributed by atoms with Gasteiger partial charge in [0.25, 0.3) is 5.91 Å². The maximum atomic E-state index is 13.5. The van der Waals surface area contributed by atoms with E-state index in [1.165, 1.54) is 12.1 Å². The van der Waals surface area contributed by atoms with Crippen LogP contribution < -0.4 is 10.1 Å². The first-order valence-electron chi connectivity index (χ1n) is 6.47. The minimum Gasteiger partial charge on any atom is -0.478 e. The van der Waals surface area contributed by atoms with Crippen LogP contribution in [0.25, 0.3) is 0 Å². The molecule has 0 unspecified atom stereocenters. The number of carbonyl (C=O) groups is 1. The summed E-state index contributed by atoms with van der Waals surface area (Å²) in [6.45, 7) is 1.82. The molecule has 2 aromatic rings. The summed E-state index contributed by atoms with van der Waals surface area (Å²) in [6.07, 6.45) is -0.278. The van der Waals surface area contributed by atoms with Gasteiger partial charge in [0.05, 0.1) is 0 Å². The summed E-state index contributed by atoms with van der Waals surface area (Å²) in [5.74, 6) is -0.678. The molecule has 0 aliphatic carbocycles. The molecule has 20 heavy (non-hydrogen) atoms. The molecule has 0 aromatic heterocycles. The Morgan fingerprint density at radius 2 is 1.80 bits per heavy atom. The van der Waals surface area contributed by atoms with Gasteiger partial charge in [-0.25, -0.2) is 4.39 Å². The molecule has 4 heteroatoms. The average molecular weight is 273 g/mol. The smallest absolute Gasteiger partial charge is 0.265 e. The molecule has 3 nitrogen and oxygen atoms in total. The van der Waals surface area contributed by atoms with Crippen LogP contribution in [0.4, 0.5) is 10.1 Å². The lowest BCUT2D eigenvalue weighted by atomic mass is 10.2. The summed E-state index contributed by atoms with van der Waals surface area (Å²) in [6, 6.07) is 15.1. The van der Waals surface area contributed by atoms with Crippen LogP contribution in [0.1, 0.15) is 13.3 Å². The molecular weight excluding hydrogens is 257 g/mol. The summed E-state index contributed by atoms with van der Waals surface area (Å²) in [5.41, 5.74) is 0.688. The Hall–Kier alpha value is -2.36. The van der Waals surface area contributed by atoms with Gasteiger partial charge < -0.3 is 10.1 Å². The Bertz CT molecular complexity index is 572. The van der Waals surface area contributed by atoms with E-state index < -0.39 is 11.9 Å². The number of carbonyl (C=O) groups excluding carboxylic acids is 1. The van der Waals surface area contributed by atoms with Crippen molar-refractivity contribution in [3.05, 3.63) is 60.4 Å². The quantitative estimate of drug-likeness (QED) is 0.903. The predicted octanol–water partition coefficient (Wildman–Crippen LogP) is 3.62. The molecule has 1 atom stereocenters. The van der Waals surface area contributed by atoms with Crippen LogP contribution in [0.3, 0.4) is 0 Å². The van der Waals surface area contributed by atoms with Crippen LogP contribution in [0.2, 0.25) is 0 Å². The second-order valence-electron chi connectivity index (χ2n) is 4.30. The molecule has 0 aliphatic rings. The SMILES string of the molecule is CC[C@@H](Oc1ccccc1F)C(=O)Nc1ccccc1. The first-order valence-corrected chi connectivity index (χ1v) is 6.47. The second kappa shape index (κ2) is 6.70. The van der Waals surface area contributed by atoms with Crippen molar-refractivity contribution in [2.45, 2.75) is 19.4 Å². The van der Waals surface area contributed by atoms with Crippen LogP contribution in [-0.2, 0) is 4.79 Å². The highest BCUT2D eigenvalue weighted by Gasteiger charge is 2.19.